The number of rotatable bonds is 5. The van der Waals surface area contributed by atoms with E-state index in [-0.39, 0.29) is 7.92 Å². The summed E-state index contributed by atoms with van der Waals surface area (Å²) in [4.78, 5) is 8.89. The van der Waals surface area contributed by atoms with Crippen LogP contribution in [0.2, 0.25) is 5.02 Å². The van der Waals surface area contributed by atoms with Gasteiger partial charge in [-0.3, -0.25) is 0 Å². The van der Waals surface area contributed by atoms with Gasteiger partial charge in [-0.05, 0) is 44.1 Å². The molecule has 1 aliphatic rings. The van der Waals surface area contributed by atoms with E-state index in [0.29, 0.717) is 22.8 Å². The van der Waals surface area contributed by atoms with Crippen LogP contribution >= 0.6 is 19.5 Å². The molecule has 1 aromatic heterocycles. The fourth-order valence-electron chi connectivity index (χ4n) is 2.78. The van der Waals surface area contributed by atoms with Gasteiger partial charge in [-0.1, -0.05) is 37.7 Å². The lowest BCUT2D eigenvalue weighted by molar-refractivity contribution is 0.478. The Balaban J connectivity index is 1.79. The fraction of sp³-hybridized carbons (Fsp3) is 0.412. The van der Waals surface area contributed by atoms with Crippen molar-refractivity contribution < 1.29 is 0 Å². The first-order valence-electron chi connectivity index (χ1n) is 8.16. The smallest absolute Gasteiger partial charge is 0.224 e. The summed E-state index contributed by atoms with van der Waals surface area (Å²) in [5.74, 6) is 1.26. The Labute approximate surface area is 149 Å². The first-order chi connectivity index (χ1) is 11.6. The van der Waals surface area contributed by atoms with Crippen molar-refractivity contribution in [3.05, 3.63) is 35.5 Å². The fourth-order valence-corrected chi connectivity index (χ4v) is 3.91. The molecule has 0 spiro atoms. The Morgan fingerprint density at radius 2 is 2.12 bits per heavy atom. The van der Waals surface area contributed by atoms with Crippen molar-refractivity contribution in [1.29, 1.82) is 0 Å². The van der Waals surface area contributed by atoms with E-state index >= 15 is 0 Å². The molecule has 128 valence electrons. The second-order valence-corrected chi connectivity index (χ2v) is 8.79. The minimum Gasteiger partial charge on any atom is -0.350 e. The molecule has 24 heavy (non-hydrogen) atoms. The normalized spacial score (nSPS) is 17.8. The van der Waals surface area contributed by atoms with E-state index in [1.54, 1.807) is 6.20 Å². The first kappa shape index (κ1) is 17.4. The third-order valence-electron chi connectivity index (χ3n) is 4.01. The van der Waals surface area contributed by atoms with E-state index in [4.69, 9.17) is 11.6 Å². The molecule has 1 atom stereocenters. The first-order valence-corrected chi connectivity index (χ1v) is 10.8. The van der Waals surface area contributed by atoms with Crippen molar-refractivity contribution in [2.45, 2.75) is 18.9 Å². The number of anilines is 3. The van der Waals surface area contributed by atoms with Gasteiger partial charge in [-0.2, -0.15) is 4.98 Å². The van der Waals surface area contributed by atoms with Gasteiger partial charge < -0.3 is 16.0 Å². The van der Waals surface area contributed by atoms with Crippen molar-refractivity contribution in [1.82, 2.24) is 15.3 Å². The van der Waals surface area contributed by atoms with Crippen molar-refractivity contribution in [2.75, 3.05) is 37.1 Å². The summed E-state index contributed by atoms with van der Waals surface area (Å²) in [7, 11) is -0.217. The minimum atomic E-state index is -0.217. The molecule has 1 fully saturated rings. The number of hydrogen-bond acceptors (Lipinski definition) is 5. The lowest BCUT2D eigenvalue weighted by atomic mass is 10.1. The van der Waals surface area contributed by atoms with Crippen LogP contribution in [-0.4, -0.2) is 42.4 Å². The monoisotopic (exact) mass is 363 g/mol. The van der Waals surface area contributed by atoms with Gasteiger partial charge in [0.15, 0.2) is 5.82 Å². The van der Waals surface area contributed by atoms with E-state index in [1.165, 1.54) is 11.7 Å². The second kappa shape index (κ2) is 8.11. The Kier molecular flexibility index (Phi) is 5.88. The third kappa shape index (κ3) is 4.35. The van der Waals surface area contributed by atoms with Crippen LogP contribution in [0.1, 0.15) is 12.8 Å². The van der Waals surface area contributed by atoms with E-state index < -0.39 is 0 Å². The lowest BCUT2D eigenvalue weighted by Gasteiger charge is -2.24. The summed E-state index contributed by atoms with van der Waals surface area (Å²) in [6.45, 7) is 6.49. The van der Waals surface area contributed by atoms with Crippen molar-refractivity contribution in [3.8, 4) is 0 Å². The quantitative estimate of drug-likeness (QED) is 0.711. The van der Waals surface area contributed by atoms with E-state index in [2.05, 4.69) is 57.4 Å². The molecule has 1 aromatic carbocycles. The van der Waals surface area contributed by atoms with Crippen LogP contribution in [0, 0.1) is 0 Å². The molecule has 3 rings (SSSR count). The molecule has 0 unspecified atom stereocenters. The molecule has 1 aliphatic heterocycles. The van der Waals surface area contributed by atoms with Gasteiger partial charge in [-0.25, -0.2) is 4.98 Å². The average Bonchev–Trinajstić information content (AvgIpc) is 2.59. The van der Waals surface area contributed by atoms with Gasteiger partial charge >= 0.3 is 0 Å². The molecule has 7 heteroatoms. The van der Waals surface area contributed by atoms with Gasteiger partial charge in [0.2, 0.25) is 5.95 Å². The number of halogens is 1. The standard InChI is InChI=1S/C17H23ClN5P/c1-24(2)15-8-4-3-7-14(15)22-16-13(18)11-20-17(23-16)21-12-6-5-9-19-10-12/h3-4,7-8,11-12,19H,5-6,9-10H2,1-2H3,(H2,20,21,22,23)/t12-/m1/s1. The van der Waals surface area contributed by atoms with Crippen molar-refractivity contribution >= 4 is 42.3 Å². The molecular weight excluding hydrogens is 341 g/mol. The van der Waals surface area contributed by atoms with Gasteiger partial charge in [0.1, 0.15) is 5.02 Å². The summed E-state index contributed by atoms with van der Waals surface area (Å²) in [6, 6.07) is 8.66. The van der Waals surface area contributed by atoms with Crippen LogP contribution in [0.15, 0.2) is 30.5 Å². The highest BCUT2D eigenvalue weighted by atomic mass is 35.5. The number of nitrogens with one attached hydrogen (secondary N) is 3. The molecular formula is C17H23ClN5P. The molecule has 5 nitrogen and oxygen atoms in total. The zero-order valence-electron chi connectivity index (χ0n) is 14.0. The number of hydrogen-bond donors (Lipinski definition) is 3. The summed E-state index contributed by atoms with van der Waals surface area (Å²) in [5, 5.41) is 12.0. The van der Waals surface area contributed by atoms with Crippen LogP contribution in [-0.2, 0) is 0 Å². The molecule has 3 N–H and O–H groups in total. The van der Waals surface area contributed by atoms with E-state index in [9.17, 15) is 0 Å². The molecule has 0 radical (unpaired) electrons. The largest absolute Gasteiger partial charge is 0.350 e. The predicted molar refractivity (Wildman–Crippen MR) is 105 cm³/mol. The van der Waals surface area contributed by atoms with E-state index in [1.807, 2.05) is 6.07 Å². The predicted octanol–water partition coefficient (Wildman–Crippen LogP) is 3.40. The average molecular weight is 364 g/mol. The van der Waals surface area contributed by atoms with Crippen molar-refractivity contribution in [3.63, 3.8) is 0 Å². The maximum absolute atomic E-state index is 6.30. The zero-order chi connectivity index (χ0) is 16.9. The van der Waals surface area contributed by atoms with Crippen LogP contribution in [0.25, 0.3) is 0 Å². The third-order valence-corrected chi connectivity index (χ3v) is 5.64. The Morgan fingerprint density at radius 1 is 1.29 bits per heavy atom. The number of nitrogens with zero attached hydrogens (tertiary/aromatic N) is 2. The molecule has 1 saturated heterocycles. The van der Waals surface area contributed by atoms with Gasteiger partial charge in [-0.15, -0.1) is 0 Å². The van der Waals surface area contributed by atoms with Crippen LogP contribution < -0.4 is 21.3 Å². The second-order valence-electron chi connectivity index (χ2n) is 6.11. The highest BCUT2D eigenvalue weighted by molar-refractivity contribution is 7.64. The zero-order valence-corrected chi connectivity index (χ0v) is 15.7. The molecule has 0 amide bonds. The molecule has 2 heterocycles. The number of para-hydroxylation sites is 1. The summed E-state index contributed by atoms with van der Waals surface area (Å²) < 4.78 is 0. The van der Waals surface area contributed by atoms with Crippen molar-refractivity contribution in [2.24, 2.45) is 0 Å². The Morgan fingerprint density at radius 3 is 2.88 bits per heavy atom. The topological polar surface area (TPSA) is 61.9 Å². The summed E-state index contributed by atoms with van der Waals surface area (Å²) in [5.41, 5.74) is 1.06. The minimum absolute atomic E-state index is 0.217. The molecule has 0 saturated carbocycles. The highest BCUT2D eigenvalue weighted by Crippen LogP contribution is 2.31. The van der Waals surface area contributed by atoms with Crippen LogP contribution in [0.4, 0.5) is 17.5 Å². The number of piperidine rings is 1. The van der Waals surface area contributed by atoms with E-state index in [0.717, 1.165) is 25.2 Å². The Bertz CT molecular complexity index is 688. The number of benzene rings is 1. The van der Waals surface area contributed by atoms with Gasteiger partial charge in [0.25, 0.3) is 0 Å². The van der Waals surface area contributed by atoms with Gasteiger partial charge in [0.05, 0.1) is 6.20 Å². The number of aromatic nitrogens is 2. The van der Waals surface area contributed by atoms with Crippen LogP contribution in [0.5, 0.6) is 0 Å². The van der Waals surface area contributed by atoms with Crippen LogP contribution in [0.3, 0.4) is 0 Å². The molecule has 2 aromatic rings. The summed E-state index contributed by atoms with van der Waals surface area (Å²) in [6.07, 6.45) is 3.94. The maximum atomic E-state index is 6.30. The van der Waals surface area contributed by atoms with Gasteiger partial charge in [0, 0.05) is 18.3 Å². The Hall–Kier alpha value is -1.42. The SMILES string of the molecule is CP(C)c1ccccc1Nc1nc(N[C@@H]2CCCNC2)ncc1Cl. The maximum Gasteiger partial charge on any atom is 0.224 e. The molecule has 0 bridgehead atoms. The summed E-state index contributed by atoms with van der Waals surface area (Å²) >= 11 is 6.30. The molecule has 0 aliphatic carbocycles. The lowest BCUT2D eigenvalue weighted by Crippen LogP contribution is -2.38. The highest BCUT2D eigenvalue weighted by Gasteiger charge is 2.15.